The van der Waals surface area contributed by atoms with E-state index in [-0.39, 0.29) is 0 Å². The molecule has 0 fully saturated rings. The molecule has 2 aromatic carbocycles. The van der Waals surface area contributed by atoms with Gasteiger partial charge in [-0.05, 0) is 36.1 Å². The van der Waals surface area contributed by atoms with E-state index in [1.165, 1.54) is 16.0 Å². The minimum absolute atomic E-state index is 0.556. The van der Waals surface area contributed by atoms with E-state index in [4.69, 9.17) is 10.5 Å². The van der Waals surface area contributed by atoms with Gasteiger partial charge in [-0.2, -0.15) is 0 Å². The Morgan fingerprint density at radius 1 is 1.10 bits per heavy atom. The molecule has 1 unspecified atom stereocenters. The molecule has 3 heteroatoms. The minimum Gasteiger partial charge on any atom is -0.399 e. The average Bonchev–Trinajstić information content (AvgIpc) is 2.88. The van der Waals surface area contributed by atoms with Gasteiger partial charge in [0.1, 0.15) is 0 Å². The van der Waals surface area contributed by atoms with Gasteiger partial charge in [-0.3, -0.25) is 0 Å². The first kappa shape index (κ1) is 13.5. The third-order valence-corrected chi connectivity index (χ3v) is 4.88. The monoisotopic (exact) mass is 285 g/mol. The number of para-hydroxylation sites is 1. The largest absolute Gasteiger partial charge is 0.399 e. The third-order valence-electron chi connectivity index (χ3n) is 3.59. The van der Waals surface area contributed by atoms with Crippen LogP contribution in [0.25, 0.3) is 0 Å². The summed E-state index contributed by atoms with van der Waals surface area (Å²) in [5.74, 6) is 0. The Kier molecular flexibility index (Phi) is 4.28. The van der Waals surface area contributed by atoms with Crippen LogP contribution in [0.2, 0.25) is 0 Å². The zero-order valence-electron chi connectivity index (χ0n) is 11.4. The number of anilines is 1. The molecule has 0 amide bonds. The van der Waals surface area contributed by atoms with Crippen LogP contribution in [-0.4, -0.2) is 18.5 Å². The van der Waals surface area contributed by atoms with Crippen LogP contribution in [0.1, 0.15) is 11.1 Å². The van der Waals surface area contributed by atoms with E-state index in [1.807, 2.05) is 30.0 Å². The number of nitrogen functional groups attached to an aromatic ring is 1. The van der Waals surface area contributed by atoms with E-state index in [1.54, 1.807) is 0 Å². The molecule has 1 aliphatic rings. The smallest absolute Gasteiger partial charge is 0.0591 e. The second-order valence-corrected chi connectivity index (χ2v) is 6.42. The van der Waals surface area contributed by atoms with Crippen LogP contribution in [0, 0.1) is 0 Å². The van der Waals surface area contributed by atoms with Gasteiger partial charge in [0.05, 0.1) is 13.2 Å². The fourth-order valence-corrected chi connectivity index (χ4v) is 3.75. The van der Waals surface area contributed by atoms with Gasteiger partial charge in [-0.15, -0.1) is 11.8 Å². The molecule has 0 spiro atoms. The van der Waals surface area contributed by atoms with Gasteiger partial charge in [0.2, 0.25) is 0 Å². The number of rotatable bonds is 5. The molecule has 1 aliphatic heterocycles. The summed E-state index contributed by atoms with van der Waals surface area (Å²) in [5.41, 5.74) is 9.42. The van der Waals surface area contributed by atoms with Crippen molar-refractivity contribution in [2.45, 2.75) is 23.0 Å². The molecule has 0 radical (unpaired) electrons. The summed E-state index contributed by atoms with van der Waals surface area (Å²) in [7, 11) is 0. The molecular formula is C17H19NOS. The normalized spacial score (nSPS) is 17.1. The van der Waals surface area contributed by atoms with E-state index >= 15 is 0 Å². The van der Waals surface area contributed by atoms with Gasteiger partial charge in [-0.1, -0.05) is 36.4 Å². The second-order valence-electron chi connectivity index (χ2n) is 5.08. The molecule has 0 aliphatic carbocycles. The number of nitrogens with two attached hydrogens (primary N) is 1. The van der Waals surface area contributed by atoms with E-state index in [0.29, 0.717) is 5.25 Å². The summed E-state index contributed by atoms with van der Waals surface area (Å²) in [6, 6.07) is 16.6. The summed E-state index contributed by atoms with van der Waals surface area (Å²) >= 11 is 1.94. The van der Waals surface area contributed by atoms with Crippen LogP contribution >= 0.6 is 11.8 Å². The maximum absolute atomic E-state index is 5.92. The highest BCUT2D eigenvalue weighted by Gasteiger charge is 2.21. The summed E-state index contributed by atoms with van der Waals surface area (Å²) in [5, 5.41) is 0.556. The highest BCUT2D eigenvalue weighted by molar-refractivity contribution is 8.00. The van der Waals surface area contributed by atoms with Crippen molar-refractivity contribution in [1.29, 1.82) is 0 Å². The fraction of sp³-hybridized carbons (Fsp3) is 0.294. The van der Waals surface area contributed by atoms with Gasteiger partial charge in [0, 0.05) is 15.8 Å². The topological polar surface area (TPSA) is 35.2 Å². The molecule has 3 rings (SSSR count). The molecule has 2 aromatic rings. The quantitative estimate of drug-likeness (QED) is 0.674. The van der Waals surface area contributed by atoms with Crippen molar-refractivity contribution < 1.29 is 4.74 Å². The van der Waals surface area contributed by atoms with Crippen LogP contribution in [0.15, 0.2) is 53.4 Å². The molecule has 2 nitrogen and oxygen atoms in total. The molecular weight excluding hydrogens is 266 g/mol. The number of hydrogen-bond donors (Lipinski definition) is 1. The van der Waals surface area contributed by atoms with Crippen molar-refractivity contribution in [2.75, 3.05) is 18.9 Å². The lowest BCUT2D eigenvalue weighted by atomic mass is 10.1. The lowest BCUT2D eigenvalue weighted by Crippen LogP contribution is -2.12. The summed E-state index contributed by atoms with van der Waals surface area (Å²) in [6.45, 7) is 1.55. The second kappa shape index (κ2) is 6.33. The van der Waals surface area contributed by atoms with Gasteiger partial charge in [-0.25, -0.2) is 0 Å². The molecule has 0 bridgehead atoms. The minimum atomic E-state index is 0.556. The Bertz CT molecular complexity index is 560. The van der Waals surface area contributed by atoms with Crippen molar-refractivity contribution in [3.8, 4) is 0 Å². The highest BCUT2D eigenvalue weighted by atomic mass is 32.2. The van der Waals surface area contributed by atoms with Crippen molar-refractivity contribution in [3.05, 3.63) is 59.7 Å². The first-order valence-electron chi connectivity index (χ1n) is 6.98. The van der Waals surface area contributed by atoms with Gasteiger partial charge < -0.3 is 10.5 Å². The Morgan fingerprint density at radius 3 is 2.75 bits per heavy atom. The SMILES string of the molecule is Nc1ccccc1CCOCC1Cc2ccccc2S1. The summed E-state index contributed by atoms with van der Waals surface area (Å²) in [6.07, 6.45) is 2.01. The van der Waals surface area contributed by atoms with Crippen molar-refractivity contribution in [1.82, 2.24) is 0 Å². The first-order valence-corrected chi connectivity index (χ1v) is 7.86. The van der Waals surface area contributed by atoms with Crippen molar-refractivity contribution >= 4 is 17.4 Å². The molecule has 20 heavy (non-hydrogen) atoms. The molecule has 0 saturated carbocycles. The highest BCUT2D eigenvalue weighted by Crippen LogP contribution is 2.36. The predicted octanol–water partition coefficient (Wildman–Crippen LogP) is 3.54. The van der Waals surface area contributed by atoms with Gasteiger partial charge >= 0.3 is 0 Å². The average molecular weight is 285 g/mol. The van der Waals surface area contributed by atoms with E-state index in [0.717, 1.165) is 31.7 Å². The van der Waals surface area contributed by atoms with Crippen LogP contribution in [-0.2, 0) is 17.6 Å². The number of benzene rings is 2. The van der Waals surface area contributed by atoms with Crippen LogP contribution in [0.3, 0.4) is 0 Å². The van der Waals surface area contributed by atoms with E-state index < -0.39 is 0 Å². The lowest BCUT2D eigenvalue weighted by molar-refractivity contribution is 0.139. The Morgan fingerprint density at radius 2 is 1.90 bits per heavy atom. The molecule has 0 saturated heterocycles. The van der Waals surface area contributed by atoms with Crippen LogP contribution in [0.4, 0.5) is 5.69 Å². The van der Waals surface area contributed by atoms with Crippen molar-refractivity contribution in [3.63, 3.8) is 0 Å². The number of hydrogen-bond acceptors (Lipinski definition) is 3. The Hall–Kier alpha value is -1.45. The summed E-state index contributed by atoms with van der Waals surface area (Å²) in [4.78, 5) is 1.41. The standard InChI is InChI=1S/C17H19NOS/c18-16-7-3-1-5-13(16)9-10-19-12-15-11-14-6-2-4-8-17(14)20-15/h1-8,15H,9-12,18H2. The first-order chi connectivity index (χ1) is 9.83. The van der Waals surface area contributed by atoms with E-state index in [2.05, 4.69) is 30.3 Å². The fourth-order valence-electron chi connectivity index (χ4n) is 2.51. The Labute approximate surface area is 124 Å². The molecule has 1 atom stereocenters. The molecule has 1 heterocycles. The predicted molar refractivity (Wildman–Crippen MR) is 85.2 cm³/mol. The number of fused-ring (bicyclic) bond motifs is 1. The maximum atomic E-state index is 5.92. The number of ether oxygens (including phenoxy) is 1. The molecule has 0 aromatic heterocycles. The van der Waals surface area contributed by atoms with E-state index in [9.17, 15) is 0 Å². The summed E-state index contributed by atoms with van der Waals surface area (Å²) < 4.78 is 5.83. The molecule has 2 N–H and O–H groups in total. The van der Waals surface area contributed by atoms with Crippen LogP contribution in [0.5, 0.6) is 0 Å². The maximum Gasteiger partial charge on any atom is 0.0591 e. The third kappa shape index (κ3) is 3.17. The van der Waals surface area contributed by atoms with Crippen LogP contribution < -0.4 is 5.73 Å². The lowest BCUT2D eigenvalue weighted by Gasteiger charge is -2.10. The van der Waals surface area contributed by atoms with Gasteiger partial charge in [0.15, 0.2) is 0 Å². The van der Waals surface area contributed by atoms with Gasteiger partial charge in [0.25, 0.3) is 0 Å². The zero-order valence-corrected chi connectivity index (χ0v) is 12.2. The van der Waals surface area contributed by atoms with Crippen molar-refractivity contribution in [2.24, 2.45) is 0 Å². The molecule has 104 valence electrons. The Balaban J connectivity index is 1.43. The zero-order chi connectivity index (χ0) is 13.8. The number of thioether (sulfide) groups is 1.